The maximum atomic E-state index is 10.2. The number of rotatable bonds is 10. The van der Waals surface area contributed by atoms with Crippen molar-refractivity contribution in [1.82, 2.24) is 5.32 Å². The lowest BCUT2D eigenvalue weighted by Gasteiger charge is -2.14. The second kappa shape index (κ2) is 10.6. The number of unbranched alkanes of at least 4 members (excludes halogenated alkanes) is 4. The van der Waals surface area contributed by atoms with E-state index in [0.29, 0.717) is 6.04 Å². The van der Waals surface area contributed by atoms with Gasteiger partial charge in [0, 0.05) is 6.04 Å². The third kappa shape index (κ3) is 8.09. The van der Waals surface area contributed by atoms with E-state index in [4.69, 9.17) is 0 Å². The molecule has 0 heterocycles. The standard InChI is InChI=1S/C12H24NO/c1-3-5-7-8-10-12(13-11-14)9-6-4-2/h12H,3-10H2,1-2H3,(H,13,14). The molecule has 0 saturated carbocycles. The van der Waals surface area contributed by atoms with Crippen molar-refractivity contribution in [3.63, 3.8) is 0 Å². The molecular weight excluding hydrogens is 174 g/mol. The number of hydrogen-bond donors (Lipinski definition) is 1. The summed E-state index contributed by atoms with van der Waals surface area (Å²) < 4.78 is 0. The van der Waals surface area contributed by atoms with Crippen molar-refractivity contribution < 1.29 is 4.79 Å². The van der Waals surface area contributed by atoms with Gasteiger partial charge in [-0.25, -0.2) is 0 Å². The molecule has 0 aliphatic heterocycles. The highest BCUT2D eigenvalue weighted by molar-refractivity contribution is 5.47. The highest BCUT2D eigenvalue weighted by atomic mass is 16.1. The van der Waals surface area contributed by atoms with Crippen LogP contribution in [0.3, 0.4) is 0 Å². The Morgan fingerprint density at radius 1 is 1.00 bits per heavy atom. The first-order chi connectivity index (χ1) is 6.85. The first kappa shape index (κ1) is 13.5. The Morgan fingerprint density at radius 2 is 1.64 bits per heavy atom. The average molecular weight is 198 g/mol. The molecule has 0 aromatic heterocycles. The highest BCUT2D eigenvalue weighted by Crippen LogP contribution is 2.10. The molecular formula is C12H24NO. The molecule has 1 N–H and O–H groups in total. The van der Waals surface area contributed by atoms with Crippen LogP contribution in [0.25, 0.3) is 0 Å². The van der Waals surface area contributed by atoms with Gasteiger partial charge in [-0.15, -0.1) is 0 Å². The summed E-state index contributed by atoms with van der Waals surface area (Å²) >= 11 is 0. The van der Waals surface area contributed by atoms with Crippen LogP contribution in [0, 0.1) is 0 Å². The van der Waals surface area contributed by atoms with Gasteiger partial charge in [-0.1, -0.05) is 52.4 Å². The predicted molar refractivity (Wildman–Crippen MR) is 60.9 cm³/mol. The largest absolute Gasteiger partial charge is 0.345 e. The monoisotopic (exact) mass is 198 g/mol. The summed E-state index contributed by atoms with van der Waals surface area (Å²) in [5.74, 6) is 0. The minimum atomic E-state index is 0.365. The minimum Gasteiger partial charge on any atom is -0.345 e. The van der Waals surface area contributed by atoms with Crippen LogP contribution >= 0.6 is 0 Å². The molecule has 0 saturated heterocycles. The van der Waals surface area contributed by atoms with Crippen LogP contribution < -0.4 is 5.32 Å². The van der Waals surface area contributed by atoms with E-state index in [0.717, 1.165) is 12.8 Å². The number of nitrogens with one attached hydrogen (secondary N) is 1. The first-order valence-corrected chi connectivity index (χ1v) is 5.97. The summed E-state index contributed by atoms with van der Waals surface area (Å²) in [6, 6.07) is 0.365. The van der Waals surface area contributed by atoms with Gasteiger partial charge in [0.15, 0.2) is 0 Å². The van der Waals surface area contributed by atoms with Gasteiger partial charge >= 0.3 is 6.41 Å². The van der Waals surface area contributed by atoms with Crippen molar-refractivity contribution >= 4 is 6.41 Å². The Bertz CT molecular complexity index is 125. The second-order valence-electron chi connectivity index (χ2n) is 3.93. The van der Waals surface area contributed by atoms with Crippen molar-refractivity contribution in [3.05, 3.63) is 0 Å². The van der Waals surface area contributed by atoms with Gasteiger partial charge in [0.25, 0.3) is 0 Å². The molecule has 83 valence electrons. The summed E-state index contributed by atoms with van der Waals surface area (Å²) in [4.78, 5) is 10.2. The fourth-order valence-electron chi connectivity index (χ4n) is 1.64. The van der Waals surface area contributed by atoms with Crippen molar-refractivity contribution in [2.45, 2.75) is 71.3 Å². The molecule has 2 nitrogen and oxygen atoms in total. The lowest BCUT2D eigenvalue weighted by atomic mass is 10.0. The topological polar surface area (TPSA) is 29.1 Å². The van der Waals surface area contributed by atoms with Crippen LogP contribution in [0.2, 0.25) is 0 Å². The van der Waals surface area contributed by atoms with Crippen LogP contribution in [-0.4, -0.2) is 12.5 Å². The van der Waals surface area contributed by atoms with E-state index in [1.165, 1.54) is 38.5 Å². The van der Waals surface area contributed by atoms with Gasteiger partial charge in [0.2, 0.25) is 0 Å². The fourth-order valence-corrected chi connectivity index (χ4v) is 1.64. The van der Waals surface area contributed by atoms with Crippen LogP contribution in [-0.2, 0) is 4.79 Å². The molecule has 14 heavy (non-hydrogen) atoms. The Labute approximate surface area is 88.5 Å². The molecule has 2 heteroatoms. The van der Waals surface area contributed by atoms with Crippen molar-refractivity contribution in [2.75, 3.05) is 0 Å². The molecule has 0 aromatic rings. The van der Waals surface area contributed by atoms with Gasteiger partial charge in [-0.3, -0.25) is 4.79 Å². The molecule has 0 aliphatic rings. The molecule has 0 aromatic carbocycles. The SMILES string of the molecule is CCCCCCC(CCCC)N[C]=O. The molecule has 0 rings (SSSR count). The smallest absolute Gasteiger partial charge is 0.309 e. The average Bonchev–Trinajstić information content (AvgIpc) is 2.20. The van der Waals surface area contributed by atoms with Crippen molar-refractivity contribution in [2.24, 2.45) is 0 Å². The molecule has 0 bridgehead atoms. The lowest BCUT2D eigenvalue weighted by molar-refractivity contribution is 0.451. The van der Waals surface area contributed by atoms with E-state index in [1.807, 2.05) is 6.41 Å². The van der Waals surface area contributed by atoms with E-state index in [-0.39, 0.29) is 0 Å². The zero-order chi connectivity index (χ0) is 10.6. The maximum Gasteiger partial charge on any atom is 0.309 e. The minimum absolute atomic E-state index is 0.365. The predicted octanol–water partition coefficient (Wildman–Crippen LogP) is 3.17. The van der Waals surface area contributed by atoms with E-state index in [2.05, 4.69) is 19.2 Å². The highest BCUT2D eigenvalue weighted by Gasteiger charge is 2.05. The van der Waals surface area contributed by atoms with Gasteiger partial charge in [0.05, 0.1) is 0 Å². The Hall–Kier alpha value is -0.530. The molecule has 0 aliphatic carbocycles. The summed E-state index contributed by atoms with van der Waals surface area (Å²) in [7, 11) is 0. The number of amides is 1. The summed E-state index contributed by atoms with van der Waals surface area (Å²) in [6.07, 6.45) is 11.6. The Kier molecular flexibility index (Phi) is 10.2. The third-order valence-electron chi connectivity index (χ3n) is 2.58. The molecule has 1 radical (unpaired) electrons. The summed E-state index contributed by atoms with van der Waals surface area (Å²) in [5, 5.41) is 2.79. The number of hydrogen-bond acceptors (Lipinski definition) is 1. The van der Waals surface area contributed by atoms with Crippen LogP contribution in [0.5, 0.6) is 0 Å². The first-order valence-electron chi connectivity index (χ1n) is 5.97. The Morgan fingerprint density at radius 3 is 2.21 bits per heavy atom. The summed E-state index contributed by atoms with van der Waals surface area (Å²) in [5.41, 5.74) is 0. The molecule has 1 amide bonds. The number of carbonyl (C=O) groups excluding carboxylic acids is 1. The van der Waals surface area contributed by atoms with E-state index >= 15 is 0 Å². The van der Waals surface area contributed by atoms with E-state index in [1.54, 1.807) is 0 Å². The molecule has 1 atom stereocenters. The van der Waals surface area contributed by atoms with E-state index < -0.39 is 0 Å². The third-order valence-corrected chi connectivity index (χ3v) is 2.58. The van der Waals surface area contributed by atoms with Crippen molar-refractivity contribution in [1.29, 1.82) is 0 Å². The van der Waals surface area contributed by atoms with Gasteiger partial charge in [0.1, 0.15) is 0 Å². The van der Waals surface area contributed by atoms with Crippen LogP contribution in [0.15, 0.2) is 0 Å². The van der Waals surface area contributed by atoms with Crippen LogP contribution in [0.1, 0.15) is 65.2 Å². The second-order valence-corrected chi connectivity index (χ2v) is 3.93. The van der Waals surface area contributed by atoms with Gasteiger partial charge in [-0.05, 0) is 12.8 Å². The van der Waals surface area contributed by atoms with Crippen molar-refractivity contribution in [3.8, 4) is 0 Å². The molecule has 1 unspecified atom stereocenters. The molecule has 0 fully saturated rings. The fraction of sp³-hybridized carbons (Fsp3) is 0.917. The quantitative estimate of drug-likeness (QED) is 0.424. The maximum absolute atomic E-state index is 10.2. The van der Waals surface area contributed by atoms with E-state index in [9.17, 15) is 4.79 Å². The zero-order valence-corrected chi connectivity index (χ0v) is 9.64. The van der Waals surface area contributed by atoms with Gasteiger partial charge in [-0.2, -0.15) is 0 Å². The van der Waals surface area contributed by atoms with Gasteiger partial charge < -0.3 is 5.32 Å². The summed E-state index contributed by atoms with van der Waals surface area (Å²) in [6.45, 7) is 4.39. The Balaban J connectivity index is 3.45. The van der Waals surface area contributed by atoms with Crippen LogP contribution in [0.4, 0.5) is 0 Å². The zero-order valence-electron chi connectivity index (χ0n) is 9.64. The molecule has 0 spiro atoms. The lowest BCUT2D eigenvalue weighted by Crippen LogP contribution is -2.27. The normalized spacial score (nSPS) is 12.4.